The average Bonchev–Trinajstić information content (AvgIpc) is 2.94. The first-order valence-corrected chi connectivity index (χ1v) is 6.48. The third-order valence-electron chi connectivity index (χ3n) is 3.62. The summed E-state index contributed by atoms with van der Waals surface area (Å²) in [5.74, 6) is 0.481. The van der Waals surface area contributed by atoms with E-state index < -0.39 is 0 Å². The minimum absolute atomic E-state index is 0.120. The van der Waals surface area contributed by atoms with Crippen molar-refractivity contribution in [2.75, 3.05) is 20.2 Å². The smallest absolute Gasteiger partial charge is 0.276 e. The van der Waals surface area contributed by atoms with Crippen LogP contribution in [0.3, 0.4) is 0 Å². The Morgan fingerprint density at radius 2 is 2.05 bits per heavy atom. The van der Waals surface area contributed by atoms with Crippen LogP contribution in [0.2, 0.25) is 0 Å². The molecule has 0 atom stereocenters. The second kappa shape index (κ2) is 4.76. The number of amides is 1. The van der Waals surface area contributed by atoms with Gasteiger partial charge in [0.2, 0.25) is 0 Å². The number of nitrogens with zero attached hydrogens (tertiary/aromatic N) is 2. The zero-order valence-electron chi connectivity index (χ0n) is 11.5. The molecule has 1 amide bonds. The van der Waals surface area contributed by atoms with Crippen molar-refractivity contribution in [2.45, 2.75) is 12.5 Å². The second-order valence-corrected chi connectivity index (χ2v) is 5.26. The number of aromatic nitrogens is 1. The summed E-state index contributed by atoms with van der Waals surface area (Å²) in [6.07, 6.45) is 0. The Hall–Kier alpha value is -2.14. The molecule has 1 aromatic carbocycles. The van der Waals surface area contributed by atoms with E-state index in [1.807, 2.05) is 37.3 Å². The third-order valence-corrected chi connectivity index (χ3v) is 3.62. The van der Waals surface area contributed by atoms with E-state index in [0.29, 0.717) is 24.5 Å². The van der Waals surface area contributed by atoms with Gasteiger partial charge in [-0.2, -0.15) is 0 Å². The number of hydrogen-bond acceptors (Lipinski definition) is 4. The number of benzene rings is 1. The van der Waals surface area contributed by atoms with Crippen molar-refractivity contribution >= 4 is 5.91 Å². The Bertz CT molecular complexity index is 615. The van der Waals surface area contributed by atoms with Crippen molar-refractivity contribution in [3.05, 3.63) is 42.1 Å². The molecule has 5 nitrogen and oxygen atoms in total. The molecule has 0 spiro atoms. The first-order chi connectivity index (χ1) is 9.61. The SMILES string of the molecule is COC1(C)CN(C(=O)c2cc(-c3ccccc3)on2)C1. The molecule has 3 rings (SSSR count). The Balaban J connectivity index is 1.73. The molecule has 0 radical (unpaired) electrons. The van der Waals surface area contributed by atoms with Gasteiger partial charge in [-0.05, 0) is 6.92 Å². The van der Waals surface area contributed by atoms with Crippen LogP contribution in [-0.4, -0.2) is 41.8 Å². The summed E-state index contributed by atoms with van der Waals surface area (Å²) in [6, 6.07) is 11.3. The van der Waals surface area contributed by atoms with Gasteiger partial charge in [-0.3, -0.25) is 4.79 Å². The minimum atomic E-state index is -0.234. The van der Waals surface area contributed by atoms with E-state index in [9.17, 15) is 4.79 Å². The van der Waals surface area contributed by atoms with E-state index >= 15 is 0 Å². The molecule has 1 saturated heterocycles. The van der Waals surface area contributed by atoms with E-state index in [2.05, 4.69) is 5.16 Å². The molecule has 0 saturated carbocycles. The van der Waals surface area contributed by atoms with Crippen LogP contribution in [0.4, 0.5) is 0 Å². The molecule has 1 aromatic heterocycles. The molecular weight excluding hydrogens is 256 g/mol. The summed E-state index contributed by atoms with van der Waals surface area (Å²) < 4.78 is 10.6. The summed E-state index contributed by atoms with van der Waals surface area (Å²) in [5.41, 5.74) is 1.01. The molecule has 5 heteroatoms. The molecule has 1 fully saturated rings. The highest BCUT2D eigenvalue weighted by Crippen LogP contribution is 2.26. The van der Waals surface area contributed by atoms with Gasteiger partial charge in [0.25, 0.3) is 5.91 Å². The van der Waals surface area contributed by atoms with Crippen molar-refractivity contribution in [3.63, 3.8) is 0 Å². The fourth-order valence-corrected chi connectivity index (χ4v) is 2.31. The third kappa shape index (κ3) is 2.20. The lowest BCUT2D eigenvalue weighted by Gasteiger charge is -2.46. The standard InChI is InChI=1S/C15H16N2O3/c1-15(19-2)9-17(10-15)14(18)12-8-13(20-16-12)11-6-4-3-5-7-11/h3-8H,9-10H2,1-2H3. The predicted octanol–water partition coefficient (Wildman–Crippen LogP) is 2.20. The lowest BCUT2D eigenvalue weighted by molar-refractivity contribution is -0.0949. The van der Waals surface area contributed by atoms with Gasteiger partial charge in [-0.1, -0.05) is 35.5 Å². The maximum absolute atomic E-state index is 12.2. The molecule has 104 valence electrons. The van der Waals surface area contributed by atoms with E-state index in [0.717, 1.165) is 5.56 Å². The topological polar surface area (TPSA) is 55.6 Å². The van der Waals surface area contributed by atoms with Gasteiger partial charge in [0.05, 0.1) is 13.1 Å². The van der Waals surface area contributed by atoms with Gasteiger partial charge >= 0.3 is 0 Å². The van der Waals surface area contributed by atoms with Gasteiger partial charge < -0.3 is 14.2 Å². The van der Waals surface area contributed by atoms with E-state index in [1.54, 1.807) is 18.1 Å². The number of carbonyl (C=O) groups is 1. The first-order valence-electron chi connectivity index (χ1n) is 6.48. The van der Waals surface area contributed by atoms with Crippen LogP contribution < -0.4 is 0 Å². The molecule has 1 aliphatic heterocycles. The molecule has 2 heterocycles. The van der Waals surface area contributed by atoms with Gasteiger partial charge in [0.15, 0.2) is 11.5 Å². The lowest BCUT2D eigenvalue weighted by atomic mass is 9.96. The number of hydrogen-bond donors (Lipinski definition) is 0. The Morgan fingerprint density at radius 3 is 2.70 bits per heavy atom. The number of ether oxygens (including phenoxy) is 1. The van der Waals surface area contributed by atoms with Crippen molar-refractivity contribution in [2.24, 2.45) is 0 Å². The van der Waals surface area contributed by atoms with Crippen LogP contribution >= 0.6 is 0 Å². The molecule has 0 unspecified atom stereocenters. The maximum Gasteiger partial charge on any atom is 0.276 e. The summed E-state index contributed by atoms with van der Waals surface area (Å²) in [5, 5.41) is 3.86. The minimum Gasteiger partial charge on any atom is -0.375 e. The lowest BCUT2D eigenvalue weighted by Crippen LogP contribution is -2.62. The Labute approximate surface area is 117 Å². The highest BCUT2D eigenvalue weighted by Gasteiger charge is 2.42. The second-order valence-electron chi connectivity index (χ2n) is 5.26. The maximum atomic E-state index is 12.2. The van der Waals surface area contributed by atoms with Crippen molar-refractivity contribution in [1.29, 1.82) is 0 Å². The number of likely N-dealkylation sites (tertiary alicyclic amines) is 1. The normalized spacial score (nSPS) is 16.8. The largest absolute Gasteiger partial charge is 0.375 e. The Morgan fingerprint density at radius 1 is 1.35 bits per heavy atom. The van der Waals surface area contributed by atoms with E-state index in [4.69, 9.17) is 9.26 Å². The van der Waals surface area contributed by atoms with Gasteiger partial charge in [-0.15, -0.1) is 0 Å². The zero-order valence-corrected chi connectivity index (χ0v) is 11.5. The number of rotatable bonds is 3. The van der Waals surface area contributed by atoms with Crippen LogP contribution in [0.1, 0.15) is 17.4 Å². The van der Waals surface area contributed by atoms with Crippen LogP contribution in [0.5, 0.6) is 0 Å². The number of carbonyl (C=O) groups excluding carboxylic acids is 1. The summed E-state index contributed by atoms with van der Waals surface area (Å²) >= 11 is 0. The fraction of sp³-hybridized carbons (Fsp3) is 0.333. The monoisotopic (exact) mass is 272 g/mol. The Kier molecular flexibility index (Phi) is 3.06. The molecule has 0 bridgehead atoms. The van der Waals surface area contributed by atoms with Crippen molar-refractivity contribution in [3.8, 4) is 11.3 Å². The average molecular weight is 272 g/mol. The molecule has 0 N–H and O–H groups in total. The summed E-state index contributed by atoms with van der Waals surface area (Å²) in [6.45, 7) is 3.14. The summed E-state index contributed by atoms with van der Waals surface area (Å²) in [4.78, 5) is 13.9. The van der Waals surface area contributed by atoms with E-state index in [1.165, 1.54) is 0 Å². The molecule has 1 aliphatic rings. The van der Waals surface area contributed by atoms with Crippen LogP contribution in [0.15, 0.2) is 40.9 Å². The van der Waals surface area contributed by atoms with Gasteiger partial charge in [-0.25, -0.2) is 0 Å². The highest BCUT2D eigenvalue weighted by molar-refractivity contribution is 5.93. The van der Waals surface area contributed by atoms with E-state index in [-0.39, 0.29) is 11.5 Å². The zero-order chi connectivity index (χ0) is 14.2. The van der Waals surface area contributed by atoms with Crippen molar-refractivity contribution < 1.29 is 14.1 Å². The quantitative estimate of drug-likeness (QED) is 0.859. The van der Waals surface area contributed by atoms with Crippen molar-refractivity contribution in [1.82, 2.24) is 10.1 Å². The predicted molar refractivity (Wildman–Crippen MR) is 73.3 cm³/mol. The van der Waals surface area contributed by atoms with Crippen LogP contribution in [0, 0.1) is 0 Å². The molecule has 20 heavy (non-hydrogen) atoms. The van der Waals surface area contributed by atoms with Gasteiger partial charge in [0, 0.05) is 18.7 Å². The molecule has 2 aromatic rings. The molecule has 0 aliphatic carbocycles. The van der Waals surface area contributed by atoms with Gasteiger partial charge in [0.1, 0.15) is 5.60 Å². The fourth-order valence-electron chi connectivity index (χ4n) is 2.31. The van der Waals surface area contributed by atoms with Crippen LogP contribution in [0.25, 0.3) is 11.3 Å². The highest BCUT2D eigenvalue weighted by atomic mass is 16.5. The van der Waals surface area contributed by atoms with Crippen LogP contribution in [-0.2, 0) is 4.74 Å². The number of methoxy groups -OCH3 is 1. The molecular formula is C15H16N2O3. The first kappa shape index (κ1) is 12.9. The summed E-state index contributed by atoms with van der Waals surface area (Å²) in [7, 11) is 1.66.